The zero-order valence-electron chi connectivity index (χ0n) is 14.2. The van der Waals surface area contributed by atoms with Gasteiger partial charge < -0.3 is 10.3 Å². The maximum absolute atomic E-state index is 12.2. The van der Waals surface area contributed by atoms with Gasteiger partial charge in [-0.3, -0.25) is 9.59 Å². The highest BCUT2D eigenvalue weighted by atomic mass is 32.2. The van der Waals surface area contributed by atoms with Crippen LogP contribution in [0, 0.1) is 11.8 Å². The topological polar surface area (TPSA) is 74.8 Å². The van der Waals surface area contributed by atoms with Crippen LogP contribution in [0.1, 0.15) is 52.1 Å². The fraction of sp³-hybridized carbons (Fsp3) is 0.706. The molecule has 1 aromatic heterocycles. The summed E-state index contributed by atoms with van der Waals surface area (Å²) < 4.78 is 0. The summed E-state index contributed by atoms with van der Waals surface area (Å²) >= 11 is 1.29. The number of thioether (sulfide) groups is 1. The second kappa shape index (κ2) is 8.52. The number of hydrogen-bond donors (Lipinski definition) is 2. The number of hydrogen-bond acceptors (Lipinski definition) is 4. The minimum absolute atomic E-state index is 0.0180. The summed E-state index contributed by atoms with van der Waals surface area (Å²) in [5.41, 5.74) is 0.634. The summed E-state index contributed by atoms with van der Waals surface area (Å²) in [6, 6.07) is 1.80. The Morgan fingerprint density at radius 1 is 1.43 bits per heavy atom. The quantitative estimate of drug-likeness (QED) is 0.618. The number of amides is 1. The lowest BCUT2D eigenvalue weighted by Gasteiger charge is -2.34. The molecular weight excluding hydrogens is 310 g/mol. The fourth-order valence-corrected chi connectivity index (χ4v) is 3.81. The fourth-order valence-electron chi connectivity index (χ4n) is 3.10. The molecule has 0 spiro atoms. The second-order valence-electron chi connectivity index (χ2n) is 6.52. The summed E-state index contributed by atoms with van der Waals surface area (Å²) in [5, 5.41) is 3.67. The van der Waals surface area contributed by atoms with Gasteiger partial charge in [0.15, 0.2) is 5.16 Å². The highest BCUT2D eigenvalue weighted by Crippen LogP contribution is 2.29. The molecule has 5 nitrogen and oxygen atoms in total. The molecule has 1 amide bonds. The number of H-pyrrole nitrogens is 1. The predicted molar refractivity (Wildman–Crippen MR) is 93.7 cm³/mol. The van der Waals surface area contributed by atoms with Gasteiger partial charge in [0.25, 0.3) is 5.56 Å². The van der Waals surface area contributed by atoms with Gasteiger partial charge in [0.1, 0.15) is 0 Å². The summed E-state index contributed by atoms with van der Waals surface area (Å²) in [7, 11) is 0. The Bertz CT molecular complexity index is 587. The van der Waals surface area contributed by atoms with Crippen LogP contribution in [0.5, 0.6) is 0 Å². The first-order valence-electron chi connectivity index (χ1n) is 8.52. The first-order valence-corrected chi connectivity index (χ1v) is 9.50. The van der Waals surface area contributed by atoms with E-state index in [1.54, 1.807) is 0 Å². The number of nitrogens with zero attached hydrogens (tertiary/aromatic N) is 1. The Hall–Kier alpha value is -1.30. The van der Waals surface area contributed by atoms with E-state index in [4.69, 9.17) is 0 Å². The molecule has 0 saturated heterocycles. The smallest absolute Gasteiger partial charge is 0.251 e. The lowest BCUT2D eigenvalue weighted by Crippen LogP contribution is -2.44. The van der Waals surface area contributed by atoms with Crippen LogP contribution < -0.4 is 10.9 Å². The van der Waals surface area contributed by atoms with Crippen LogP contribution in [0.15, 0.2) is 16.0 Å². The van der Waals surface area contributed by atoms with E-state index in [1.165, 1.54) is 30.7 Å². The van der Waals surface area contributed by atoms with E-state index in [9.17, 15) is 9.59 Å². The molecule has 0 radical (unpaired) electrons. The number of carbonyl (C=O) groups is 1. The molecule has 128 valence electrons. The second-order valence-corrected chi connectivity index (χ2v) is 7.49. The third-order valence-electron chi connectivity index (χ3n) is 4.67. The van der Waals surface area contributed by atoms with Crippen molar-refractivity contribution in [2.75, 3.05) is 5.75 Å². The third-order valence-corrected chi connectivity index (χ3v) is 5.55. The lowest BCUT2D eigenvalue weighted by atomic mass is 9.78. The molecule has 6 heteroatoms. The van der Waals surface area contributed by atoms with Gasteiger partial charge in [0.2, 0.25) is 5.91 Å². The Balaban J connectivity index is 1.88. The zero-order chi connectivity index (χ0) is 16.8. The van der Waals surface area contributed by atoms with Crippen LogP contribution in [0.4, 0.5) is 0 Å². The Morgan fingerprint density at radius 3 is 2.96 bits per heavy atom. The number of carbonyl (C=O) groups excluding carboxylic acids is 1. The van der Waals surface area contributed by atoms with Gasteiger partial charge in [-0.15, -0.1) is 0 Å². The molecule has 1 fully saturated rings. The number of aromatic amines is 1. The maximum Gasteiger partial charge on any atom is 0.251 e. The molecular formula is C17H27N3O2S. The van der Waals surface area contributed by atoms with Gasteiger partial charge >= 0.3 is 0 Å². The molecule has 2 N–H and O–H groups in total. The van der Waals surface area contributed by atoms with Gasteiger partial charge in [-0.1, -0.05) is 51.8 Å². The molecule has 0 aromatic carbocycles. The van der Waals surface area contributed by atoms with Gasteiger partial charge in [-0.2, -0.15) is 0 Å². The van der Waals surface area contributed by atoms with E-state index in [1.807, 2.05) is 0 Å². The van der Waals surface area contributed by atoms with Crippen LogP contribution in [-0.2, 0) is 11.2 Å². The van der Waals surface area contributed by atoms with Gasteiger partial charge in [0.05, 0.1) is 5.75 Å². The third kappa shape index (κ3) is 5.37. The molecule has 0 unspecified atom stereocenters. The molecule has 1 heterocycles. The van der Waals surface area contributed by atoms with Crippen molar-refractivity contribution in [1.29, 1.82) is 0 Å². The summed E-state index contributed by atoms with van der Waals surface area (Å²) in [5.74, 6) is 1.48. The van der Waals surface area contributed by atoms with E-state index in [0.29, 0.717) is 17.0 Å². The molecule has 3 atom stereocenters. The lowest BCUT2D eigenvalue weighted by molar-refractivity contribution is -0.120. The average Bonchev–Trinajstić information content (AvgIpc) is 2.50. The van der Waals surface area contributed by atoms with Crippen molar-refractivity contribution in [3.63, 3.8) is 0 Å². The van der Waals surface area contributed by atoms with E-state index in [-0.39, 0.29) is 23.3 Å². The van der Waals surface area contributed by atoms with Crippen molar-refractivity contribution in [2.24, 2.45) is 11.8 Å². The summed E-state index contributed by atoms with van der Waals surface area (Å²) in [4.78, 5) is 30.9. The predicted octanol–water partition coefficient (Wildman–Crippen LogP) is 2.76. The first-order chi connectivity index (χ1) is 11.0. The molecule has 23 heavy (non-hydrogen) atoms. The SMILES string of the molecule is CCCc1cc(=O)[nH]c(SCC(=O)N[C@@H]2CCC[C@@H](C)[C@H]2C)n1. The van der Waals surface area contributed by atoms with Crippen molar-refractivity contribution in [3.05, 3.63) is 22.1 Å². The Kier molecular flexibility index (Phi) is 6.69. The molecule has 0 bridgehead atoms. The zero-order valence-corrected chi connectivity index (χ0v) is 15.0. The summed E-state index contributed by atoms with van der Waals surface area (Å²) in [6.07, 6.45) is 5.21. The largest absolute Gasteiger partial charge is 0.352 e. The summed E-state index contributed by atoms with van der Waals surface area (Å²) in [6.45, 7) is 6.52. The van der Waals surface area contributed by atoms with Crippen LogP contribution in [0.25, 0.3) is 0 Å². The number of rotatable bonds is 6. The highest BCUT2D eigenvalue weighted by Gasteiger charge is 2.28. The molecule has 1 aromatic rings. The van der Waals surface area contributed by atoms with E-state index in [0.717, 1.165) is 25.0 Å². The molecule has 1 aliphatic carbocycles. The minimum atomic E-state index is -0.152. The maximum atomic E-state index is 12.2. The van der Waals surface area contributed by atoms with Crippen molar-refractivity contribution >= 4 is 17.7 Å². The Labute approximate surface area is 142 Å². The van der Waals surface area contributed by atoms with Gasteiger partial charge in [-0.05, 0) is 24.7 Å². The molecule has 2 rings (SSSR count). The van der Waals surface area contributed by atoms with Crippen molar-refractivity contribution < 1.29 is 4.79 Å². The number of nitrogens with one attached hydrogen (secondary N) is 2. The van der Waals surface area contributed by atoms with E-state index in [2.05, 4.69) is 36.1 Å². The van der Waals surface area contributed by atoms with E-state index >= 15 is 0 Å². The van der Waals surface area contributed by atoms with Gasteiger partial charge in [0, 0.05) is 17.8 Å². The average molecular weight is 337 g/mol. The normalized spacial score (nSPS) is 24.4. The monoisotopic (exact) mass is 337 g/mol. The Morgan fingerprint density at radius 2 is 2.22 bits per heavy atom. The van der Waals surface area contributed by atoms with E-state index < -0.39 is 0 Å². The molecule has 0 aliphatic heterocycles. The van der Waals surface area contributed by atoms with Crippen molar-refractivity contribution in [3.8, 4) is 0 Å². The first kappa shape index (κ1) is 18.0. The number of aromatic nitrogens is 2. The van der Waals surface area contributed by atoms with Crippen molar-refractivity contribution in [1.82, 2.24) is 15.3 Å². The standard InChI is InChI=1S/C17H27N3O2S/c1-4-6-13-9-15(21)20-17(18-13)23-10-16(22)19-14-8-5-7-11(2)12(14)3/h9,11-12,14H,4-8,10H2,1-3H3,(H,19,22)(H,18,20,21)/t11-,12-,14-/m1/s1. The number of aryl methyl sites for hydroxylation is 1. The van der Waals surface area contributed by atoms with Crippen LogP contribution in [0.3, 0.4) is 0 Å². The van der Waals surface area contributed by atoms with Crippen LogP contribution in [0.2, 0.25) is 0 Å². The van der Waals surface area contributed by atoms with Crippen LogP contribution in [-0.4, -0.2) is 27.7 Å². The van der Waals surface area contributed by atoms with Crippen LogP contribution >= 0.6 is 11.8 Å². The molecule has 1 saturated carbocycles. The molecule has 1 aliphatic rings. The van der Waals surface area contributed by atoms with Gasteiger partial charge in [-0.25, -0.2) is 4.98 Å². The van der Waals surface area contributed by atoms with Crippen molar-refractivity contribution in [2.45, 2.75) is 64.1 Å². The highest BCUT2D eigenvalue weighted by molar-refractivity contribution is 7.99. The minimum Gasteiger partial charge on any atom is -0.352 e.